The minimum absolute atomic E-state index is 0.00753. The molecule has 1 aliphatic rings. The zero-order valence-electron chi connectivity index (χ0n) is 25.5. The van der Waals surface area contributed by atoms with E-state index in [1.165, 1.54) is 31.1 Å². The third kappa shape index (κ3) is 8.57. The summed E-state index contributed by atoms with van der Waals surface area (Å²) in [6, 6.07) is 20.6. The molecule has 0 heterocycles. The molecular weight excluding hydrogens is 583 g/mol. The molecule has 0 bridgehead atoms. The van der Waals surface area contributed by atoms with Crippen molar-refractivity contribution in [3.05, 3.63) is 95.8 Å². The van der Waals surface area contributed by atoms with E-state index in [1.54, 1.807) is 25.3 Å². The van der Waals surface area contributed by atoms with E-state index in [2.05, 4.69) is 5.32 Å². The molecule has 1 atom stereocenters. The number of benzene rings is 3. The van der Waals surface area contributed by atoms with Crippen LogP contribution in [0.15, 0.2) is 78.9 Å². The Labute approximate surface area is 259 Å². The molecule has 11 heteroatoms. The van der Waals surface area contributed by atoms with Gasteiger partial charge in [-0.15, -0.1) is 0 Å². The van der Waals surface area contributed by atoms with Crippen LogP contribution in [-0.4, -0.2) is 69.3 Å². The van der Waals surface area contributed by atoms with Crippen LogP contribution in [0.25, 0.3) is 0 Å². The van der Waals surface area contributed by atoms with Gasteiger partial charge in [0.05, 0.1) is 12.8 Å². The molecule has 1 saturated carbocycles. The minimum Gasteiger partial charge on any atom is -0.497 e. The Balaban J connectivity index is 1.76. The van der Waals surface area contributed by atoms with E-state index in [0.717, 1.165) is 58.4 Å². The molecule has 3 aromatic rings. The molecule has 9 nitrogen and oxygen atoms in total. The fourth-order valence-corrected chi connectivity index (χ4v) is 6.45. The summed E-state index contributed by atoms with van der Waals surface area (Å²) >= 11 is 0. The topological polar surface area (TPSA) is 99.3 Å². The van der Waals surface area contributed by atoms with E-state index in [0.29, 0.717) is 11.3 Å². The Morgan fingerprint density at radius 3 is 2.23 bits per heavy atom. The average Bonchev–Trinajstić information content (AvgIpc) is 3.03. The molecule has 0 radical (unpaired) electrons. The van der Waals surface area contributed by atoms with Gasteiger partial charge in [0.2, 0.25) is 11.8 Å². The fraction of sp³-hybridized carbons (Fsp3) is 0.394. The van der Waals surface area contributed by atoms with Crippen molar-refractivity contribution >= 4 is 27.7 Å². The van der Waals surface area contributed by atoms with Gasteiger partial charge in [-0.25, -0.2) is 8.70 Å². The second-order valence-electron chi connectivity index (χ2n) is 11.2. The number of rotatable bonds is 13. The van der Waals surface area contributed by atoms with Crippen molar-refractivity contribution in [2.75, 3.05) is 32.1 Å². The van der Waals surface area contributed by atoms with Crippen LogP contribution in [0.2, 0.25) is 0 Å². The summed E-state index contributed by atoms with van der Waals surface area (Å²) in [5.41, 5.74) is 1.70. The highest BCUT2D eigenvalue weighted by molar-refractivity contribution is 7.90. The number of hydrogen-bond acceptors (Lipinski definition) is 5. The molecule has 44 heavy (non-hydrogen) atoms. The largest absolute Gasteiger partial charge is 0.497 e. The molecule has 2 amide bonds. The maximum atomic E-state index is 14.4. The van der Waals surface area contributed by atoms with Gasteiger partial charge >= 0.3 is 10.2 Å². The highest BCUT2D eigenvalue weighted by Crippen LogP contribution is 2.24. The van der Waals surface area contributed by atoms with Crippen LogP contribution in [0.4, 0.5) is 10.1 Å². The monoisotopic (exact) mass is 624 g/mol. The van der Waals surface area contributed by atoms with E-state index in [4.69, 9.17) is 4.74 Å². The predicted octanol–water partition coefficient (Wildman–Crippen LogP) is 4.54. The Hall–Kier alpha value is -3.96. The Morgan fingerprint density at radius 2 is 1.59 bits per heavy atom. The number of amides is 2. The molecule has 4 rings (SSSR count). The molecule has 1 fully saturated rings. The van der Waals surface area contributed by atoms with Crippen molar-refractivity contribution in [2.45, 2.75) is 57.2 Å². The van der Waals surface area contributed by atoms with Crippen LogP contribution in [-0.2, 0) is 32.8 Å². The van der Waals surface area contributed by atoms with E-state index in [1.807, 2.05) is 36.4 Å². The lowest BCUT2D eigenvalue weighted by molar-refractivity contribution is -0.140. The number of nitrogens with one attached hydrogen (secondary N) is 1. The van der Waals surface area contributed by atoms with Gasteiger partial charge in [-0.1, -0.05) is 61.7 Å². The first-order chi connectivity index (χ1) is 21.1. The van der Waals surface area contributed by atoms with E-state index >= 15 is 0 Å². The van der Waals surface area contributed by atoms with Crippen molar-refractivity contribution < 1.29 is 27.1 Å². The number of carbonyl (C=O) groups is 2. The highest BCUT2D eigenvalue weighted by atomic mass is 32.2. The zero-order valence-corrected chi connectivity index (χ0v) is 26.3. The summed E-state index contributed by atoms with van der Waals surface area (Å²) in [7, 11) is 0.100. The van der Waals surface area contributed by atoms with Gasteiger partial charge < -0.3 is 15.0 Å². The van der Waals surface area contributed by atoms with Crippen molar-refractivity contribution in [3.8, 4) is 5.75 Å². The molecule has 0 spiro atoms. The maximum absolute atomic E-state index is 14.4. The summed E-state index contributed by atoms with van der Waals surface area (Å²) < 4.78 is 48.0. The summed E-state index contributed by atoms with van der Waals surface area (Å²) in [5.74, 6) is -0.823. The number of hydrogen-bond donors (Lipinski definition) is 1. The van der Waals surface area contributed by atoms with Crippen molar-refractivity contribution in [1.29, 1.82) is 0 Å². The molecule has 0 saturated heterocycles. The van der Waals surface area contributed by atoms with Gasteiger partial charge in [-0.05, 0) is 60.4 Å². The predicted molar refractivity (Wildman–Crippen MR) is 169 cm³/mol. The fourth-order valence-electron chi connectivity index (χ4n) is 5.39. The normalized spacial score (nSPS) is 14.6. The van der Waals surface area contributed by atoms with Crippen LogP contribution in [0, 0.1) is 5.82 Å². The molecule has 1 aliphatic carbocycles. The lowest BCUT2D eigenvalue weighted by atomic mass is 9.94. The summed E-state index contributed by atoms with van der Waals surface area (Å²) in [6.07, 6.45) is 5.14. The molecule has 3 aromatic carbocycles. The highest BCUT2D eigenvalue weighted by Gasteiger charge is 2.35. The number of ether oxygens (including phenoxy) is 1. The molecular formula is C33H41FN4O5S. The first kappa shape index (κ1) is 32.9. The van der Waals surface area contributed by atoms with Crippen LogP contribution in [0.3, 0.4) is 0 Å². The quantitative estimate of drug-likeness (QED) is 0.301. The van der Waals surface area contributed by atoms with Crippen molar-refractivity contribution in [1.82, 2.24) is 14.5 Å². The first-order valence-electron chi connectivity index (χ1n) is 14.8. The van der Waals surface area contributed by atoms with Crippen LogP contribution < -0.4 is 14.4 Å². The first-order valence-corrected chi connectivity index (χ1v) is 16.2. The third-order valence-electron chi connectivity index (χ3n) is 7.84. The SMILES string of the molecule is COc1cccc(CN(C(=O)CN(c2ccc(F)cc2)S(=O)(=O)N(C)C)C(Cc2ccccc2)C(=O)NC2CCCCC2)c1. The van der Waals surface area contributed by atoms with Crippen molar-refractivity contribution in [2.24, 2.45) is 0 Å². The Kier molecular flexibility index (Phi) is 11.4. The smallest absolute Gasteiger partial charge is 0.304 e. The number of methoxy groups -OCH3 is 1. The lowest BCUT2D eigenvalue weighted by Gasteiger charge is -2.35. The average molecular weight is 625 g/mol. The summed E-state index contributed by atoms with van der Waals surface area (Å²) in [6.45, 7) is -0.566. The zero-order chi connectivity index (χ0) is 31.7. The number of nitrogens with zero attached hydrogens (tertiary/aromatic N) is 3. The van der Waals surface area contributed by atoms with Gasteiger partial charge in [0, 0.05) is 33.1 Å². The number of halogens is 1. The lowest BCUT2D eigenvalue weighted by Crippen LogP contribution is -2.55. The molecule has 1 N–H and O–H groups in total. The Bertz CT molecular complexity index is 1500. The maximum Gasteiger partial charge on any atom is 0.304 e. The molecule has 0 aromatic heterocycles. The molecule has 1 unspecified atom stereocenters. The van der Waals surface area contributed by atoms with E-state index in [9.17, 15) is 22.4 Å². The van der Waals surface area contributed by atoms with E-state index in [-0.39, 0.29) is 30.6 Å². The minimum atomic E-state index is -4.17. The second kappa shape index (κ2) is 15.2. The van der Waals surface area contributed by atoms with Crippen molar-refractivity contribution in [3.63, 3.8) is 0 Å². The van der Waals surface area contributed by atoms with Gasteiger partial charge in [-0.2, -0.15) is 12.7 Å². The third-order valence-corrected chi connectivity index (χ3v) is 9.66. The van der Waals surface area contributed by atoms with Gasteiger partial charge in [0.1, 0.15) is 24.2 Å². The Morgan fingerprint density at radius 1 is 0.932 bits per heavy atom. The molecule has 236 valence electrons. The van der Waals surface area contributed by atoms with Crippen LogP contribution in [0.5, 0.6) is 5.75 Å². The summed E-state index contributed by atoms with van der Waals surface area (Å²) in [4.78, 5) is 29.9. The standard InChI is InChI=1S/C33H41FN4O5S/c1-36(2)44(41,42)38(29-19-17-27(34)18-20-29)24-32(39)37(23-26-13-10-16-30(21-26)43-3)31(22-25-11-6-4-7-12-25)33(40)35-28-14-8-5-9-15-28/h4,6-7,10-13,16-21,28,31H,5,8-9,14-15,22-24H2,1-3H3,(H,35,40). The van der Waals surface area contributed by atoms with Crippen LogP contribution in [0.1, 0.15) is 43.2 Å². The number of carbonyl (C=O) groups excluding carboxylic acids is 2. The van der Waals surface area contributed by atoms with Gasteiger partial charge in [0.25, 0.3) is 0 Å². The van der Waals surface area contributed by atoms with Crippen LogP contribution >= 0.6 is 0 Å². The van der Waals surface area contributed by atoms with Gasteiger partial charge in [-0.3, -0.25) is 9.59 Å². The number of anilines is 1. The second-order valence-corrected chi connectivity index (χ2v) is 13.3. The molecule has 0 aliphatic heterocycles. The van der Waals surface area contributed by atoms with Gasteiger partial charge in [0.15, 0.2) is 0 Å². The van der Waals surface area contributed by atoms with E-state index < -0.39 is 34.5 Å². The summed E-state index contributed by atoms with van der Waals surface area (Å²) in [5, 5.41) is 3.18.